The van der Waals surface area contributed by atoms with Crippen LogP contribution in [0.5, 0.6) is 5.75 Å². The number of nitrogens with one attached hydrogen (secondary N) is 1. The lowest BCUT2D eigenvalue weighted by Crippen LogP contribution is -1.98. The molecule has 0 aliphatic carbocycles. The topological polar surface area (TPSA) is 47.3 Å². The molecule has 0 fully saturated rings. The summed E-state index contributed by atoms with van der Waals surface area (Å²) in [5.74, 6) is 0.350. The van der Waals surface area contributed by atoms with Gasteiger partial charge in [-0.2, -0.15) is 0 Å². The number of halogens is 2. The van der Waals surface area contributed by atoms with E-state index in [-0.39, 0.29) is 5.82 Å². The second kappa shape index (κ2) is 5.27. The Kier molecular flexibility index (Phi) is 3.72. The molecule has 94 valence electrons. The molecule has 2 aromatic carbocycles. The molecule has 0 atom stereocenters. The van der Waals surface area contributed by atoms with Gasteiger partial charge in [0.2, 0.25) is 0 Å². The number of anilines is 3. The van der Waals surface area contributed by atoms with E-state index in [4.69, 9.17) is 10.5 Å². The first-order valence-electron chi connectivity index (χ1n) is 5.26. The van der Waals surface area contributed by atoms with Crippen LogP contribution in [0.3, 0.4) is 0 Å². The number of methoxy groups -OCH3 is 1. The molecule has 18 heavy (non-hydrogen) atoms. The van der Waals surface area contributed by atoms with Crippen molar-refractivity contribution in [2.24, 2.45) is 0 Å². The Bertz CT molecular complexity index is 575. The molecule has 5 heteroatoms. The third-order valence-electron chi connectivity index (χ3n) is 2.44. The van der Waals surface area contributed by atoms with Crippen molar-refractivity contribution in [2.45, 2.75) is 0 Å². The summed E-state index contributed by atoms with van der Waals surface area (Å²) in [6, 6.07) is 10.3. The van der Waals surface area contributed by atoms with E-state index in [1.165, 1.54) is 6.07 Å². The first-order valence-corrected chi connectivity index (χ1v) is 6.05. The largest absolute Gasteiger partial charge is 0.497 e. The quantitative estimate of drug-likeness (QED) is 0.845. The molecule has 0 aromatic heterocycles. The van der Waals surface area contributed by atoms with Gasteiger partial charge in [0.1, 0.15) is 11.6 Å². The summed E-state index contributed by atoms with van der Waals surface area (Å²) in [4.78, 5) is 0. The van der Waals surface area contributed by atoms with Gasteiger partial charge in [0.25, 0.3) is 0 Å². The predicted molar refractivity (Wildman–Crippen MR) is 74.8 cm³/mol. The summed E-state index contributed by atoms with van der Waals surface area (Å²) in [7, 11) is 1.60. The Morgan fingerprint density at radius 3 is 2.78 bits per heavy atom. The van der Waals surface area contributed by atoms with Crippen LogP contribution in [0.1, 0.15) is 0 Å². The lowest BCUT2D eigenvalue weighted by Gasteiger charge is -2.11. The van der Waals surface area contributed by atoms with Crippen molar-refractivity contribution >= 4 is 33.0 Å². The first-order chi connectivity index (χ1) is 8.60. The van der Waals surface area contributed by atoms with E-state index in [0.29, 0.717) is 15.8 Å². The van der Waals surface area contributed by atoms with Crippen LogP contribution < -0.4 is 15.8 Å². The van der Waals surface area contributed by atoms with Crippen molar-refractivity contribution in [3.63, 3.8) is 0 Å². The van der Waals surface area contributed by atoms with Crippen LogP contribution in [0.15, 0.2) is 40.9 Å². The Morgan fingerprint density at radius 2 is 2.06 bits per heavy atom. The van der Waals surface area contributed by atoms with E-state index in [1.54, 1.807) is 13.2 Å². The first kappa shape index (κ1) is 12.7. The summed E-state index contributed by atoms with van der Waals surface area (Å²) >= 11 is 3.13. The molecular weight excluding hydrogens is 299 g/mol. The van der Waals surface area contributed by atoms with Crippen molar-refractivity contribution in [2.75, 3.05) is 18.2 Å². The van der Waals surface area contributed by atoms with Gasteiger partial charge in [-0.25, -0.2) is 4.39 Å². The Labute approximate surface area is 113 Å². The van der Waals surface area contributed by atoms with Gasteiger partial charge in [0, 0.05) is 17.8 Å². The standard InChI is InChI=1S/C13H12BrFN2O/c1-18-9-4-2-3-8(5-9)17-13-6-10(14)11(15)7-12(13)16/h2-7,17H,16H2,1H3. The zero-order valence-corrected chi connectivity index (χ0v) is 11.3. The summed E-state index contributed by atoms with van der Waals surface area (Å²) in [5, 5.41) is 3.11. The minimum absolute atomic E-state index is 0.346. The second-order valence-corrected chi connectivity index (χ2v) is 4.56. The number of hydrogen-bond acceptors (Lipinski definition) is 3. The summed E-state index contributed by atoms with van der Waals surface area (Å²) < 4.78 is 18.7. The van der Waals surface area contributed by atoms with Gasteiger partial charge >= 0.3 is 0 Å². The van der Waals surface area contributed by atoms with Gasteiger partial charge in [0.05, 0.1) is 23.0 Å². The van der Waals surface area contributed by atoms with Crippen LogP contribution in [0.4, 0.5) is 21.5 Å². The van der Waals surface area contributed by atoms with Crippen molar-refractivity contribution < 1.29 is 9.13 Å². The van der Waals surface area contributed by atoms with E-state index in [2.05, 4.69) is 21.2 Å². The number of nitrogens with two attached hydrogens (primary N) is 1. The Hall–Kier alpha value is -1.75. The van der Waals surface area contributed by atoms with Crippen molar-refractivity contribution in [1.29, 1.82) is 0 Å². The maximum Gasteiger partial charge on any atom is 0.139 e. The molecule has 3 N–H and O–H groups in total. The van der Waals surface area contributed by atoms with Gasteiger partial charge in [-0.05, 0) is 34.1 Å². The molecule has 0 saturated carbocycles. The van der Waals surface area contributed by atoms with Crippen molar-refractivity contribution in [3.8, 4) is 5.75 Å². The van der Waals surface area contributed by atoms with Gasteiger partial charge in [0.15, 0.2) is 0 Å². The number of rotatable bonds is 3. The average Bonchev–Trinajstić information content (AvgIpc) is 2.36. The van der Waals surface area contributed by atoms with E-state index < -0.39 is 0 Å². The third kappa shape index (κ3) is 2.73. The van der Waals surface area contributed by atoms with Crippen LogP contribution in [-0.4, -0.2) is 7.11 Å². The van der Waals surface area contributed by atoms with E-state index in [9.17, 15) is 4.39 Å². The normalized spacial score (nSPS) is 10.2. The molecule has 3 nitrogen and oxygen atoms in total. The molecule has 0 bridgehead atoms. The van der Waals surface area contributed by atoms with E-state index in [0.717, 1.165) is 11.4 Å². The highest BCUT2D eigenvalue weighted by molar-refractivity contribution is 9.10. The second-order valence-electron chi connectivity index (χ2n) is 3.71. The van der Waals surface area contributed by atoms with Crippen molar-refractivity contribution in [3.05, 3.63) is 46.7 Å². The molecule has 2 aromatic rings. The van der Waals surface area contributed by atoms with Crippen molar-refractivity contribution in [1.82, 2.24) is 0 Å². The number of nitrogen functional groups attached to an aromatic ring is 1. The highest BCUT2D eigenvalue weighted by Crippen LogP contribution is 2.30. The summed E-state index contributed by atoms with van der Waals surface area (Å²) in [6.45, 7) is 0. The van der Waals surface area contributed by atoms with Gasteiger partial charge in [-0.1, -0.05) is 6.07 Å². The van der Waals surface area contributed by atoms with Gasteiger partial charge in [-0.15, -0.1) is 0 Å². The average molecular weight is 311 g/mol. The molecular formula is C13H12BrFN2O. The van der Waals surface area contributed by atoms with E-state index in [1.807, 2.05) is 24.3 Å². The van der Waals surface area contributed by atoms with Gasteiger partial charge in [-0.3, -0.25) is 0 Å². The molecule has 0 heterocycles. The molecule has 0 spiro atoms. The monoisotopic (exact) mass is 310 g/mol. The summed E-state index contributed by atoms with van der Waals surface area (Å²) in [6.07, 6.45) is 0. The SMILES string of the molecule is COc1cccc(Nc2cc(Br)c(F)cc2N)c1. The fourth-order valence-electron chi connectivity index (χ4n) is 1.53. The van der Waals surface area contributed by atoms with Crippen LogP contribution in [0.2, 0.25) is 0 Å². The maximum absolute atomic E-state index is 13.2. The minimum atomic E-state index is -0.385. The highest BCUT2D eigenvalue weighted by Gasteiger charge is 2.06. The molecule has 0 radical (unpaired) electrons. The predicted octanol–water partition coefficient (Wildman–Crippen LogP) is 3.92. The fraction of sp³-hybridized carbons (Fsp3) is 0.0769. The summed E-state index contributed by atoms with van der Waals surface area (Å²) in [5.41, 5.74) is 7.55. The molecule has 0 unspecified atom stereocenters. The molecule has 0 aliphatic heterocycles. The Balaban J connectivity index is 2.30. The fourth-order valence-corrected chi connectivity index (χ4v) is 1.87. The highest BCUT2D eigenvalue weighted by atomic mass is 79.9. The minimum Gasteiger partial charge on any atom is -0.497 e. The lowest BCUT2D eigenvalue weighted by molar-refractivity contribution is 0.415. The molecule has 0 aliphatic rings. The van der Waals surface area contributed by atoms with Crippen LogP contribution in [0.25, 0.3) is 0 Å². The zero-order valence-electron chi connectivity index (χ0n) is 9.71. The van der Waals surface area contributed by atoms with Crippen LogP contribution in [-0.2, 0) is 0 Å². The third-order valence-corrected chi connectivity index (χ3v) is 3.05. The zero-order chi connectivity index (χ0) is 13.1. The lowest BCUT2D eigenvalue weighted by atomic mass is 10.2. The molecule has 0 amide bonds. The maximum atomic E-state index is 13.2. The van der Waals surface area contributed by atoms with E-state index >= 15 is 0 Å². The number of hydrogen-bond donors (Lipinski definition) is 2. The van der Waals surface area contributed by atoms with Gasteiger partial charge < -0.3 is 15.8 Å². The smallest absolute Gasteiger partial charge is 0.139 e. The number of ether oxygens (including phenoxy) is 1. The molecule has 2 rings (SSSR count). The number of benzene rings is 2. The van der Waals surface area contributed by atoms with Crippen LogP contribution in [0, 0.1) is 5.82 Å². The van der Waals surface area contributed by atoms with Crippen LogP contribution >= 0.6 is 15.9 Å². The Morgan fingerprint density at radius 1 is 1.28 bits per heavy atom. The molecule has 0 saturated heterocycles.